The minimum Gasteiger partial charge on any atom is -0.507 e. The molecule has 1 heterocycles. The van der Waals surface area contributed by atoms with Crippen molar-refractivity contribution in [1.29, 1.82) is 0 Å². The van der Waals surface area contributed by atoms with Crippen molar-refractivity contribution in [2.45, 2.75) is 19.9 Å². The molecule has 36 heavy (non-hydrogen) atoms. The van der Waals surface area contributed by atoms with E-state index in [9.17, 15) is 14.7 Å². The molecule has 0 radical (unpaired) electrons. The Kier molecular flexibility index (Phi) is 7.29. The highest BCUT2D eigenvalue weighted by atomic mass is 16.5. The van der Waals surface area contributed by atoms with Gasteiger partial charge in [-0.15, -0.1) is 0 Å². The van der Waals surface area contributed by atoms with Crippen LogP contribution in [0, 0.1) is 5.92 Å². The van der Waals surface area contributed by atoms with Crippen molar-refractivity contribution >= 4 is 23.1 Å². The average molecular weight is 488 g/mol. The first kappa shape index (κ1) is 24.9. The van der Waals surface area contributed by atoms with Gasteiger partial charge in [-0.25, -0.2) is 0 Å². The highest BCUT2D eigenvalue weighted by Gasteiger charge is 2.47. The number of benzene rings is 3. The fourth-order valence-electron chi connectivity index (χ4n) is 4.18. The van der Waals surface area contributed by atoms with Crippen molar-refractivity contribution < 1.29 is 28.9 Å². The van der Waals surface area contributed by atoms with Crippen LogP contribution in [0.4, 0.5) is 5.69 Å². The second-order valence-electron chi connectivity index (χ2n) is 8.84. The molecule has 1 unspecified atom stereocenters. The summed E-state index contributed by atoms with van der Waals surface area (Å²) in [6.07, 6.45) is 0. The lowest BCUT2D eigenvalue weighted by Crippen LogP contribution is -2.29. The number of amides is 1. The van der Waals surface area contributed by atoms with Crippen LogP contribution in [0.1, 0.15) is 31.0 Å². The van der Waals surface area contributed by atoms with E-state index in [0.717, 1.165) is 0 Å². The first-order chi connectivity index (χ1) is 17.3. The fourth-order valence-corrected chi connectivity index (χ4v) is 4.18. The molecule has 0 aromatic heterocycles. The van der Waals surface area contributed by atoms with Crippen molar-refractivity contribution in [3.05, 3.63) is 89.5 Å². The van der Waals surface area contributed by atoms with E-state index in [1.54, 1.807) is 79.9 Å². The van der Waals surface area contributed by atoms with Crippen molar-refractivity contribution in [1.82, 2.24) is 0 Å². The molecule has 0 bridgehead atoms. The van der Waals surface area contributed by atoms with Crippen LogP contribution in [0.15, 0.2) is 78.4 Å². The van der Waals surface area contributed by atoms with Crippen molar-refractivity contribution in [2.24, 2.45) is 5.92 Å². The Bertz CT molecular complexity index is 1300. The number of hydrogen-bond donors (Lipinski definition) is 1. The molecule has 186 valence electrons. The van der Waals surface area contributed by atoms with Gasteiger partial charge in [0.2, 0.25) is 0 Å². The van der Waals surface area contributed by atoms with Gasteiger partial charge in [-0.05, 0) is 60.0 Å². The van der Waals surface area contributed by atoms with Crippen LogP contribution in [0.5, 0.6) is 17.2 Å². The predicted octanol–water partition coefficient (Wildman–Crippen LogP) is 5.36. The summed E-state index contributed by atoms with van der Waals surface area (Å²) in [5.41, 5.74) is 1.41. The summed E-state index contributed by atoms with van der Waals surface area (Å²) >= 11 is 0. The van der Waals surface area contributed by atoms with Gasteiger partial charge in [-0.2, -0.15) is 0 Å². The Morgan fingerprint density at radius 1 is 0.917 bits per heavy atom. The van der Waals surface area contributed by atoms with E-state index in [4.69, 9.17) is 14.2 Å². The zero-order valence-electron chi connectivity index (χ0n) is 20.7. The summed E-state index contributed by atoms with van der Waals surface area (Å²) in [7, 11) is 3.02. The predicted molar refractivity (Wildman–Crippen MR) is 138 cm³/mol. The third-order valence-corrected chi connectivity index (χ3v) is 5.91. The van der Waals surface area contributed by atoms with Crippen LogP contribution in [-0.4, -0.2) is 37.6 Å². The molecule has 0 spiro atoms. The Balaban J connectivity index is 1.86. The first-order valence-corrected chi connectivity index (χ1v) is 11.7. The molecule has 7 heteroatoms. The Hall–Kier alpha value is -4.26. The number of ether oxygens (including phenoxy) is 3. The quantitative estimate of drug-likeness (QED) is 0.261. The van der Waals surface area contributed by atoms with Crippen LogP contribution >= 0.6 is 0 Å². The van der Waals surface area contributed by atoms with E-state index < -0.39 is 17.7 Å². The van der Waals surface area contributed by atoms with E-state index >= 15 is 0 Å². The molecular weight excluding hydrogens is 458 g/mol. The van der Waals surface area contributed by atoms with E-state index in [2.05, 4.69) is 13.8 Å². The Labute approximate surface area is 210 Å². The number of aliphatic hydroxyl groups excluding tert-OH is 1. The first-order valence-electron chi connectivity index (χ1n) is 11.7. The smallest absolute Gasteiger partial charge is 0.300 e. The summed E-state index contributed by atoms with van der Waals surface area (Å²) in [4.78, 5) is 28.2. The molecule has 1 aliphatic heterocycles. The summed E-state index contributed by atoms with van der Waals surface area (Å²) in [5.74, 6) is 0.145. The molecule has 0 aliphatic carbocycles. The van der Waals surface area contributed by atoms with Gasteiger partial charge >= 0.3 is 0 Å². The number of rotatable bonds is 8. The molecule has 3 aromatic rings. The number of aliphatic hydroxyl groups is 1. The number of ketones is 1. The van der Waals surface area contributed by atoms with Gasteiger partial charge in [-0.1, -0.05) is 38.1 Å². The van der Waals surface area contributed by atoms with Gasteiger partial charge in [0.1, 0.15) is 23.0 Å². The zero-order valence-corrected chi connectivity index (χ0v) is 20.7. The van der Waals surface area contributed by atoms with E-state index in [-0.39, 0.29) is 11.3 Å². The molecule has 1 fully saturated rings. The molecule has 1 N–H and O–H groups in total. The number of anilines is 1. The largest absolute Gasteiger partial charge is 0.507 e. The lowest BCUT2D eigenvalue weighted by atomic mass is 9.94. The summed E-state index contributed by atoms with van der Waals surface area (Å²) in [6, 6.07) is 20.0. The van der Waals surface area contributed by atoms with E-state index in [1.807, 2.05) is 0 Å². The molecule has 1 saturated heterocycles. The SMILES string of the molecule is COc1cccc(C2/C(=C(/O)c3ccccc3OC)C(=O)C(=O)N2c2ccc(OCC(C)C)cc2)c1. The number of carbonyl (C=O) groups excluding carboxylic acids is 2. The minimum absolute atomic E-state index is 0.0297. The van der Waals surface area contributed by atoms with Crippen molar-refractivity contribution in [3.63, 3.8) is 0 Å². The average Bonchev–Trinajstić information content (AvgIpc) is 3.17. The third kappa shape index (κ3) is 4.77. The number of Topliss-reactive ketones (excluding diaryl/α,β-unsaturated/α-hetero) is 1. The minimum atomic E-state index is -0.882. The maximum Gasteiger partial charge on any atom is 0.300 e. The second-order valence-corrected chi connectivity index (χ2v) is 8.84. The second kappa shape index (κ2) is 10.6. The standard InChI is InChI=1S/C29H29NO6/c1-18(2)17-36-21-14-12-20(13-15-21)30-26(19-8-7-9-22(16-19)34-3)25(28(32)29(30)33)27(31)23-10-5-6-11-24(23)35-4/h5-16,18,26,31H,17H2,1-4H3/b27-25-. The number of hydrogen-bond acceptors (Lipinski definition) is 6. The number of methoxy groups -OCH3 is 2. The number of carbonyl (C=O) groups is 2. The normalized spacial score (nSPS) is 16.9. The zero-order chi connectivity index (χ0) is 25.8. The maximum atomic E-state index is 13.4. The summed E-state index contributed by atoms with van der Waals surface area (Å²) < 4.78 is 16.5. The number of nitrogens with zero attached hydrogens (tertiary/aromatic N) is 1. The maximum absolute atomic E-state index is 13.4. The third-order valence-electron chi connectivity index (χ3n) is 5.91. The van der Waals surface area contributed by atoms with Crippen LogP contribution in [0.3, 0.4) is 0 Å². The van der Waals surface area contributed by atoms with Crippen LogP contribution < -0.4 is 19.1 Å². The number of para-hydroxylation sites is 1. The van der Waals surface area contributed by atoms with E-state index in [1.165, 1.54) is 12.0 Å². The van der Waals surface area contributed by atoms with Gasteiger partial charge < -0.3 is 19.3 Å². The molecule has 1 amide bonds. The van der Waals surface area contributed by atoms with Crippen LogP contribution in [0.2, 0.25) is 0 Å². The monoisotopic (exact) mass is 487 g/mol. The molecule has 0 saturated carbocycles. The Morgan fingerprint density at radius 3 is 2.31 bits per heavy atom. The van der Waals surface area contributed by atoms with Crippen molar-refractivity contribution in [3.8, 4) is 17.2 Å². The lowest BCUT2D eigenvalue weighted by Gasteiger charge is -2.26. The summed E-state index contributed by atoms with van der Waals surface area (Å²) in [6.45, 7) is 4.68. The highest BCUT2D eigenvalue weighted by molar-refractivity contribution is 6.51. The molecule has 1 aliphatic rings. The molecule has 7 nitrogen and oxygen atoms in total. The van der Waals surface area contributed by atoms with Gasteiger partial charge in [0.05, 0.1) is 38.0 Å². The lowest BCUT2D eigenvalue weighted by molar-refractivity contribution is -0.132. The molecule has 4 rings (SSSR count). The van der Waals surface area contributed by atoms with Crippen LogP contribution in [0.25, 0.3) is 5.76 Å². The topological polar surface area (TPSA) is 85.3 Å². The van der Waals surface area contributed by atoms with Crippen LogP contribution in [-0.2, 0) is 9.59 Å². The molecule has 1 atom stereocenters. The van der Waals surface area contributed by atoms with Gasteiger partial charge in [0, 0.05) is 5.69 Å². The van der Waals surface area contributed by atoms with Gasteiger partial charge in [0.15, 0.2) is 0 Å². The van der Waals surface area contributed by atoms with Gasteiger partial charge in [0.25, 0.3) is 11.7 Å². The van der Waals surface area contributed by atoms with Crippen molar-refractivity contribution in [2.75, 3.05) is 25.7 Å². The highest BCUT2D eigenvalue weighted by Crippen LogP contribution is 2.44. The van der Waals surface area contributed by atoms with E-state index in [0.29, 0.717) is 46.6 Å². The summed E-state index contributed by atoms with van der Waals surface area (Å²) in [5, 5.41) is 11.4. The Morgan fingerprint density at radius 2 is 1.64 bits per heavy atom. The van der Waals surface area contributed by atoms with Gasteiger partial charge in [-0.3, -0.25) is 14.5 Å². The fraction of sp³-hybridized carbons (Fsp3) is 0.241. The molecular formula is C29H29NO6. The molecule has 3 aromatic carbocycles.